The lowest BCUT2D eigenvalue weighted by atomic mass is 9.98. The first kappa shape index (κ1) is 15.4. The van der Waals surface area contributed by atoms with Crippen molar-refractivity contribution in [1.82, 2.24) is 5.43 Å². The van der Waals surface area contributed by atoms with Crippen molar-refractivity contribution < 1.29 is 9.13 Å². The minimum atomic E-state index is -0.455. The summed E-state index contributed by atoms with van der Waals surface area (Å²) in [5.41, 5.74) is 3.95. The Morgan fingerprint density at radius 2 is 1.85 bits per heavy atom. The molecule has 106 valence electrons. The van der Waals surface area contributed by atoms with Gasteiger partial charge in [0, 0.05) is 20.6 Å². The predicted octanol–water partition coefficient (Wildman–Crippen LogP) is 3.91. The molecule has 0 aliphatic heterocycles. The number of nitrogens with one attached hydrogen (secondary N) is 1. The molecule has 3 nitrogen and oxygen atoms in total. The van der Waals surface area contributed by atoms with Gasteiger partial charge in [-0.1, -0.05) is 44.0 Å². The number of halogens is 3. The normalized spacial score (nSPS) is 12.2. The topological polar surface area (TPSA) is 47.3 Å². The fourth-order valence-electron chi connectivity index (χ4n) is 1.95. The molecule has 0 amide bonds. The molecule has 1 unspecified atom stereocenters. The summed E-state index contributed by atoms with van der Waals surface area (Å²) in [6.45, 7) is 0. The van der Waals surface area contributed by atoms with Gasteiger partial charge in [0.15, 0.2) is 0 Å². The zero-order valence-electron chi connectivity index (χ0n) is 10.7. The van der Waals surface area contributed by atoms with Crippen molar-refractivity contribution in [2.45, 2.75) is 6.04 Å². The van der Waals surface area contributed by atoms with E-state index in [0.29, 0.717) is 11.3 Å². The molecule has 0 radical (unpaired) electrons. The highest BCUT2D eigenvalue weighted by Crippen LogP contribution is 2.32. The van der Waals surface area contributed by atoms with Crippen LogP contribution in [0.5, 0.6) is 5.75 Å². The van der Waals surface area contributed by atoms with Crippen LogP contribution in [0.2, 0.25) is 0 Å². The average Bonchev–Trinajstić information content (AvgIpc) is 2.43. The van der Waals surface area contributed by atoms with Gasteiger partial charge in [-0.15, -0.1) is 0 Å². The molecule has 1 atom stereocenters. The third-order valence-corrected chi connectivity index (χ3v) is 4.14. The summed E-state index contributed by atoms with van der Waals surface area (Å²) in [6.07, 6.45) is 0. The molecule has 6 heteroatoms. The molecule has 0 saturated carbocycles. The van der Waals surface area contributed by atoms with Gasteiger partial charge in [-0.2, -0.15) is 0 Å². The maximum absolute atomic E-state index is 14.2. The Balaban J connectivity index is 2.47. The number of rotatable bonds is 4. The Hall–Kier alpha value is -0.950. The van der Waals surface area contributed by atoms with E-state index in [1.54, 1.807) is 12.1 Å². The maximum Gasteiger partial charge on any atom is 0.132 e. The summed E-state index contributed by atoms with van der Waals surface area (Å²) in [4.78, 5) is 0. The first-order valence-corrected chi connectivity index (χ1v) is 7.40. The summed E-state index contributed by atoms with van der Waals surface area (Å²) in [5, 5.41) is 0. The molecule has 2 aromatic carbocycles. The van der Waals surface area contributed by atoms with E-state index in [9.17, 15) is 4.39 Å². The molecule has 3 N–H and O–H groups in total. The third-order valence-electron chi connectivity index (χ3n) is 2.96. The van der Waals surface area contributed by atoms with E-state index in [0.717, 1.165) is 14.5 Å². The van der Waals surface area contributed by atoms with Crippen LogP contribution in [0.4, 0.5) is 4.39 Å². The third kappa shape index (κ3) is 3.20. The van der Waals surface area contributed by atoms with Gasteiger partial charge in [0.2, 0.25) is 0 Å². The zero-order valence-corrected chi connectivity index (χ0v) is 13.8. The van der Waals surface area contributed by atoms with E-state index < -0.39 is 6.04 Å². The molecule has 0 aliphatic rings. The van der Waals surface area contributed by atoms with Gasteiger partial charge in [-0.05, 0) is 23.8 Å². The predicted molar refractivity (Wildman–Crippen MR) is 84.0 cm³/mol. The standard InChI is InChI=1S/C14H13Br2FN2O/c1-20-9-3-5-11(13(17)7-9)14(19-18)10-4-2-8(15)6-12(10)16/h2-7,14,19H,18H2,1H3. The molecule has 0 aromatic heterocycles. The Bertz CT molecular complexity index is 622. The van der Waals surface area contributed by atoms with Crippen molar-refractivity contribution >= 4 is 31.9 Å². The first-order chi connectivity index (χ1) is 9.56. The summed E-state index contributed by atoms with van der Waals surface area (Å²) in [7, 11) is 1.50. The van der Waals surface area contributed by atoms with Crippen molar-refractivity contribution in [1.29, 1.82) is 0 Å². The molecule has 0 fully saturated rings. The lowest BCUT2D eigenvalue weighted by Gasteiger charge is -2.19. The van der Waals surface area contributed by atoms with Gasteiger partial charge < -0.3 is 4.74 Å². The zero-order chi connectivity index (χ0) is 14.7. The quantitative estimate of drug-likeness (QED) is 0.600. The number of methoxy groups -OCH3 is 1. The summed E-state index contributed by atoms with van der Waals surface area (Å²) in [5.74, 6) is 5.70. The van der Waals surface area contributed by atoms with Crippen molar-refractivity contribution in [3.05, 3.63) is 62.3 Å². The van der Waals surface area contributed by atoms with Crippen LogP contribution in [0.3, 0.4) is 0 Å². The van der Waals surface area contributed by atoms with Crippen LogP contribution in [0.1, 0.15) is 17.2 Å². The molecular weight excluding hydrogens is 391 g/mol. The Labute approximate surface area is 133 Å². The van der Waals surface area contributed by atoms with Gasteiger partial charge in [-0.3, -0.25) is 5.84 Å². The Morgan fingerprint density at radius 3 is 2.40 bits per heavy atom. The fraction of sp³-hybridized carbons (Fsp3) is 0.143. The van der Waals surface area contributed by atoms with Crippen LogP contribution < -0.4 is 16.0 Å². The number of hydrogen-bond donors (Lipinski definition) is 2. The number of ether oxygens (including phenoxy) is 1. The maximum atomic E-state index is 14.2. The molecular formula is C14H13Br2FN2O. The van der Waals surface area contributed by atoms with Crippen LogP contribution in [-0.2, 0) is 0 Å². The summed E-state index contributed by atoms with van der Waals surface area (Å²) < 4.78 is 20.9. The number of hydrogen-bond acceptors (Lipinski definition) is 3. The second-order valence-electron chi connectivity index (χ2n) is 4.15. The molecule has 20 heavy (non-hydrogen) atoms. The van der Waals surface area contributed by atoms with Crippen molar-refractivity contribution in [2.24, 2.45) is 5.84 Å². The Morgan fingerprint density at radius 1 is 1.15 bits per heavy atom. The minimum Gasteiger partial charge on any atom is -0.497 e. The van der Waals surface area contributed by atoms with E-state index in [1.165, 1.54) is 13.2 Å². The first-order valence-electron chi connectivity index (χ1n) is 5.81. The van der Waals surface area contributed by atoms with Crippen LogP contribution in [0, 0.1) is 5.82 Å². The van der Waals surface area contributed by atoms with Gasteiger partial charge in [0.1, 0.15) is 11.6 Å². The van der Waals surface area contributed by atoms with E-state index in [2.05, 4.69) is 37.3 Å². The molecule has 0 aliphatic carbocycles. The van der Waals surface area contributed by atoms with Crippen LogP contribution in [0.25, 0.3) is 0 Å². The Kier molecular flexibility index (Phi) is 5.15. The minimum absolute atomic E-state index is 0.373. The lowest BCUT2D eigenvalue weighted by Crippen LogP contribution is -2.29. The van der Waals surface area contributed by atoms with E-state index in [1.807, 2.05) is 18.2 Å². The van der Waals surface area contributed by atoms with Crippen LogP contribution >= 0.6 is 31.9 Å². The number of benzene rings is 2. The van der Waals surface area contributed by atoms with Crippen LogP contribution in [-0.4, -0.2) is 7.11 Å². The summed E-state index contributed by atoms with van der Waals surface area (Å²) in [6, 6.07) is 9.90. The van der Waals surface area contributed by atoms with Gasteiger partial charge >= 0.3 is 0 Å². The van der Waals surface area contributed by atoms with Gasteiger partial charge in [0.25, 0.3) is 0 Å². The smallest absolute Gasteiger partial charge is 0.132 e. The fourth-order valence-corrected chi connectivity index (χ4v) is 3.23. The average molecular weight is 404 g/mol. The molecule has 2 rings (SSSR count). The van der Waals surface area contributed by atoms with Crippen molar-refractivity contribution in [3.8, 4) is 5.75 Å². The van der Waals surface area contributed by atoms with E-state index in [4.69, 9.17) is 10.6 Å². The van der Waals surface area contributed by atoms with E-state index in [-0.39, 0.29) is 5.82 Å². The van der Waals surface area contributed by atoms with Crippen molar-refractivity contribution in [2.75, 3.05) is 7.11 Å². The molecule has 2 aromatic rings. The highest BCUT2D eigenvalue weighted by Gasteiger charge is 2.19. The highest BCUT2D eigenvalue weighted by molar-refractivity contribution is 9.11. The highest BCUT2D eigenvalue weighted by atomic mass is 79.9. The summed E-state index contributed by atoms with van der Waals surface area (Å²) >= 11 is 6.85. The molecule has 0 saturated heterocycles. The lowest BCUT2D eigenvalue weighted by molar-refractivity contribution is 0.410. The van der Waals surface area contributed by atoms with Crippen molar-refractivity contribution in [3.63, 3.8) is 0 Å². The molecule has 0 spiro atoms. The van der Waals surface area contributed by atoms with Gasteiger partial charge in [0.05, 0.1) is 13.2 Å². The van der Waals surface area contributed by atoms with Gasteiger partial charge in [-0.25, -0.2) is 9.82 Å². The monoisotopic (exact) mass is 402 g/mol. The SMILES string of the molecule is COc1ccc(C(NN)c2ccc(Br)cc2Br)c(F)c1. The second kappa shape index (κ2) is 6.67. The molecule has 0 heterocycles. The largest absolute Gasteiger partial charge is 0.497 e. The molecule has 0 bridgehead atoms. The second-order valence-corrected chi connectivity index (χ2v) is 5.92. The number of hydrazine groups is 1. The number of nitrogens with two attached hydrogens (primary N) is 1. The van der Waals surface area contributed by atoms with E-state index >= 15 is 0 Å². The van der Waals surface area contributed by atoms with Crippen LogP contribution in [0.15, 0.2) is 45.3 Å².